The summed E-state index contributed by atoms with van der Waals surface area (Å²) in [4.78, 5) is 95.3. The zero-order valence-corrected chi connectivity index (χ0v) is 75.3. The van der Waals surface area contributed by atoms with Gasteiger partial charge in [-0.3, -0.25) is 24.0 Å². The van der Waals surface area contributed by atoms with E-state index in [0.29, 0.717) is 43.8 Å². The zero-order valence-electron chi connectivity index (χ0n) is 72.0. The molecule has 8 aromatic carbocycles. The van der Waals surface area contributed by atoms with Gasteiger partial charge in [-0.15, -0.1) is 86.1 Å². The van der Waals surface area contributed by atoms with Crippen molar-refractivity contribution in [2.45, 2.75) is 107 Å². The Morgan fingerprint density at radius 1 is 0.391 bits per heavy atom. The maximum atomic E-state index is 14.7. The molecule has 0 spiro atoms. The van der Waals surface area contributed by atoms with Crippen molar-refractivity contribution >= 4 is 109 Å². The van der Waals surface area contributed by atoms with Gasteiger partial charge in [0, 0.05) is 57.3 Å². The monoisotopic (exact) mass is 1790 g/mol. The van der Waals surface area contributed by atoms with Gasteiger partial charge in [-0.1, -0.05) is 184 Å². The molecule has 12 heterocycles. The van der Waals surface area contributed by atoms with Crippen LogP contribution < -0.4 is 5.56 Å². The van der Waals surface area contributed by atoms with Crippen LogP contribution in [0.1, 0.15) is 185 Å². The number of nitrogens with one attached hydrogen (secondary N) is 1. The lowest BCUT2D eigenvalue weighted by atomic mass is 9.91. The normalized spacial score (nSPS) is 14.4. The molecule has 0 saturated carbocycles. The van der Waals surface area contributed by atoms with Gasteiger partial charge < -0.3 is 37.4 Å². The van der Waals surface area contributed by atoms with Crippen LogP contribution in [0.4, 0.5) is 8.78 Å². The SMILES string of the molecule is CC(C)(C)CN1CC(c2nnc(C(=O)c3nc4c(F)cc(-c5ccccc5)cc4s3)o2)C1.CC(C)(C)CN1CC(c2nnc(C(=O)c3nc4ccc(-c5ccc(F)cc5)cc4s3)o2)C1.CC(C)(C)CN1CCC(c2nnc(C(=O)c3nc4ccc(-c5ccccc5)cc4s3)o2)CC1.Cc1nc(-c2nnc(C(=O)c3nc4ccc(-c5ccccc5)cc4s3)o2)c(C)c(=O)[nH]1. The molecule has 1 N–H and O–H groups in total. The van der Waals surface area contributed by atoms with Crippen molar-refractivity contribution in [2.75, 3.05) is 58.9 Å². The summed E-state index contributed by atoms with van der Waals surface area (Å²) < 4.78 is 54.0. The first kappa shape index (κ1) is 87.3. The minimum Gasteiger partial charge on any atom is -0.418 e. The second-order valence-corrected chi connectivity index (χ2v) is 39.9. The molecule has 3 saturated heterocycles. The van der Waals surface area contributed by atoms with E-state index in [1.165, 1.54) is 52.2 Å². The van der Waals surface area contributed by atoms with E-state index in [1.54, 1.807) is 26.0 Å². The molecular formula is C96H89F2N17O9S4. The summed E-state index contributed by atoms with van der Waals surface area (Å²) >= 11 is 5.04. The molecule has 20 rings (SSSR count). The van der Waals surface area contributed by atoms with E-state index in [0.717, 1.165) is 158 Å². The maximum absolute atomic E-state index is 14.7. The Balaban J connectivity index is 0.000000120. The van der Waals surface area contributed by atoms with Crippen LogP contribution in [0.25, 0.3) is 97.0 Å². The summed E-state index contributed by atoms with van der Waals surface area (Å²) in [6.07, 6.45) is 1.94. The van der Waals surface area contributed by atoms with E-state index >= 15 is 0 Å². The molecule has 32 heteroatoms. The molecule has 0 unspecified atom stereocenters. The molecule has 9 aromatic heterocycles. The number of carbonyl (C=O) groups is 4. The summed E-state index contributed by atoms with van der Waals surface area (Å²) in [7, 11) is 0. The van der Waals surface area contributed by atoms with Gasteiger partial charge in [0.15, 0.2) is 25.8 Å². The number of aryl methyl sites for hydroxylation is 1. The first-order chi connectivity index (χ1) is 61.4. The van der Waals surface area contributed by atoms with Gasteiger partial charge in [-0.2, -0.15) is 0 Å². The van der Waals surface area contributed by atoms with E-state index in [-0.39, 0.29) is 108 Å². The summed E-state index contributed by atoms with van der Waals surface area (Å²) in [5.74, 6) is -0.148. The van der Waals surface area contributed by atoms with Crippen molar-refractivity contribution in [3.8, 4) is 56.1 Å². The predicted molar refractivity (Wildman–Crippen MR) is 490 cm³/mol. The number of piperidine rings is 1. The fraction of sp³-hybridized carbons (Fsp3) is 0.292. The van der Waals surface area contributed by atoms with E-state index < -0.39 is 17.4 Å². The smallest absolute Gasteiger partial charge is 0.292 e. The molecule has 0 bridgehead atoms. The molecule has 0 amide bonds. The number of benzene rings is 8. The van der Waals surface area contributed by atoms with Crippen molar-refractivity contribution in [2.24, 2.45) is 16.2 Å². The largest absolute Gasteiger partial charge is 0.418 e. The van der Waals surface area contributed by atoms with Gasteiger partial charge in [-0.05, 0) is 161 Å². The predicted octanol–water partition coefficient (Wildman–Crippen LogP) is 20.1. The first-order valence-electron chi connectivity index (χ1n) is 41.9. The van der Waals surface area contributed by atoms with Gasteiger partial charge >= 0.3 is 0 Å². The number of rotatable bonds is 19. The highest BCUT2D eigenvalue weighted by molar-refractivity contribution is 7.21. The van der Waals surface area contributed by atoms with Gasteiger partial charge in [-0.25, -0.2) is 33.7 Å². The first-order valence-corrected chi connectivity index (χ1v) is 45.1. The molecule has 3 aliphatic rings. The zero-order chi connectivity index (χ0) is 89.5. The number of likely N-dealkylation sites (tertiary alicyclic amines) is 3. The highest BCUT2D eigenvalue weighted by atomic mass is 32.1. The molecule has 128 heavy (non-hydrogen) atoms. The molecule has 0 atom stereocenters. The third kappa shape index (κ3) is 20.3. The quantitative estimate of drug-likeness (QED) is 0.0735. The summed E-state index contributed by atoms with van der Waals surface area (Å²) in [5.41, 5.74) is 11.3. The summed E-state index contributed by atoms with van der Waals surface area (Å²) in [6.45, 7) is 31.8. The van der Waals surface area contributed by atoms with Crippen molar-refractivity contribution < 1.29 is 45.6 Å². The lowest BCUT2D eigenvalue weighted by Crippen LogP contribution is -2.48. The Hall–Kier alpha value is -12.8. The number of nitrogens with zero attached hydrogens (tertiary/aromatic N) is 16. The molecule has 26 nitrogen and oxygen atoms in total. The maximum Gasteiger partial charge on any atom is 0.292 e. The molecule has 17 aromatic rings. The van der Waals surface area contributed by atoms with E-state index in [2.05, 4.69) is 166 Å². The third-order valence-electron chi connectivity index (χ3n) is 21.5. The number of hydrogen-bond acceptors (Lipinski definition) is 29. The number of H-pyrrole nitrogens is 1. The van der Waals surface area contributed by atoms with Gasteiger partial charge in [0.2, 0.25) is 17.7 Å². The standard InChI is InChI=1S/C26H28N4O2S.2C24H23FN4O2S.C22H15N5O3S/c1-26(2,3)16-30-13-11-18(12-14-30)23-28-29-24(32-23)22(31)25-27-20-10-9-19(15-21(20)33-25)17-7-5-4-6-8-17;1-24(2,3)13-29-11-16(12-29)21-27-28-22(31-21)20(30)23-26-18-9-6-15(10-19(18)32-23)14-4-7-17(25)8-5-14;1-24(2,3)13-29-11-16(12-29)21-27-28-22(31-21)20(30)23-26-19-17(25)9-15(10-18(19)32-23)14-7-5-4-6-8-14;1-11-17(23-12(2)24-19(11)29)20-26-27-21(30-20)18(28)22-25-15-9-8-14(10-16(15)31-22)13-6-4-3-5-7-13/h4-10,15,18H,11-14,16H2,1-3H3;2*4-10,16H,11-13H2,1-3H3;3-10H,1-2H3,(H,23,24,29). The molecule has 3 fully saturated rings. The van der Waals surface area contributed by atoms with Crippen LogP contribution in [0.15, 0.2) is 204 Å². The van der Waals surface area contributed by atoms with Crippen LogP contribution in [-0.4, -0.2) is 167 Å². The highest BCUT2D eigenvalue weighted by Gasteiger charge is 2.38. The third-order valence-corrected chi connectivity index (χ3v) is 25.6. The minimum absolute atomic E-state index is 0.0162. The highest BCUT2D eigenvalue weighted by Crippen LogP contribution is 2.39. The Kier molecular flexibility index (Phi) is 24.9. The Labute approximate surface area is 750 Å². The molecule has 650 valence electrons. The number of ketones is 4. The van der Waals surface area contributed by atoms with Gasteiger partial charge in [0.25, 0.3) is 58.1 Å². The van der Waals surface area contributed by atoms with Crippen LogP contribution >= 0.6 is 45.3 Å². The summed E-state index contributed by atoms with van der Waals surface area (Å²) in [5, 5.41) is 33.2. The van der Waals surface area contributed by atoms with E-state index in [1.807, 2.05) is 133 Å². The topological polar surface area (TPSA) is 331 Å². The van der Waals surface area contributed by atoms with Crippen LogP contribution in [0.3, 0.4) is 0 Å². The average molecular weight is 1790 g/mol. The van der Waals surface area contributed by atoms with Crippen molar-refractivity contribution in [1.29, 1.82) is 0 Å². The van der Waals surface area contributed by atoms with E-state index in [9.17, 15) is 32.8 Å². The second kappa shape index (κ2) is 36.5. The number of fused-ring (bicyclic) bond motifs is 4. The lowest BCUT2D eigenvalue weighted by molar-refractivity contribution is 0.0863. The molecule has 3 aliphatic heterocycles. The Morgan fingerprint density at radius 3 is 1.16 bits per heavy atom. The van der Waals surface area contributed by atoms with Gasteiger partial charge in [0.1, 0.15) is 22.9 Å². The average Bonchev–Trinajstić information content (AvgIpc) is 1.62. The van der Waals surface area contributed by atoms with Crippen LogP contribution in [0.5, 0.6) is 0 Å². The number of carbonyl (C=O) groups excluding carboxylic acids is 4. The molecule has 0 radical (unpaired) electrons. The van der Waals surface area contributed by atoms with Crippen molar-refractivity contribution in [3.05, 3.63) is 277 Å². The fourth-order valence-electron chi connectivity index (χ4n) is 15.6. The molecular weight excluding hydrogens is 1700 g/mol. The van der Waals surface area contributed by atoms with Crippen molar-refractivity contribution in [1.82, 2.24) is 85.4 Å². The van der Waals surface area contributed by atoms with Crippen molar-refractivity contribution in [3.63, 3.8) is 0 Å². The van der Waals surface area contributed by atoms with Crippen LogP contribution in [-0.2, 0) is 0 Å². The lowest BCUT2D eigenvalue weighted by Gasteiger charge is -2.40. The van der Waals surface area contributed by atoms with Gasteiger partial charge in [0.05, 0.1) is 47.2 Å². The van der Waals surface area contributed by atoms with Crippen LogP contribution in [0.2, 0.25) is 0 Å². The number of hydrogen-bond donors (Lipinski definition) is 1. The Morgan fingerprint density at radius 2 is 0.742 bits per heavy atom. The summed E-state index contributed by atoms with van der Waals surface area (Å²) in [6, 6.07) is 56.9. The number of aromatic nitrogens is 14. The van der Waals surface area contributed by atoms with E-state index in [4.69, 9.17) is 17.7 Å². The minimum atomic E-state index is -0.475. The second-order valence-electron chi connectivity index (χ2n) is 35.7. The fourth-order valence-corrected chi connectivity index (χ4v) is 19.3. The Bertz CT molecular complexity index is 7000. The molecule has 0 aliphatic carbocycles. The number of thiazole rings is 4. The van der Waals surface area contributed by atoms with Crippen LogP contribution in [0, 0.1) is 41.7 Å². The number of aromatic amines is 1. The number of halogens is 2.